The van der Waals surface area contributed by atoms with Crippen molar-refractivity contribution in [3.05, 3.63) is 64.9 Å². The first-order chi connectivity index (χ1) is 12.1. The van der Waals surface area contributed by atoms with Crippen LogP contribution in [0, 0.1) is 0 Å². The van der Waals surface area contributed by atoms with Crippen molar-refractivity contribution in [2.75, 3.05) is 13.7 Å². The van der Waals surface area contributed by atoms with Gasteiger partial charge in [0.15, 0.2) is 0 Å². The molecule has 0 radical (unpaired) electrons. The van der Waals surface area contributed by atoms with Crippen molar-refractivity contribution in [3.8, 4) is 0 Å². The minimum atomic E-state index is -0.254. The maximum Gasteiger partial charge on any atom is 0.251 e. The van der Waals surface area contributed by atoms with Gasteiger partial charge in [-0.15, -0.1) is 0 Å². The van der Waals surface area contributed by atoms with Gasteiger partial charge in [0.05, 0.1) is 23.7 Å². The number of ether oxygens (including phenoxy) is 1. The highest BCUT2D eigenvalue weighted by molar-refractivity contribution is 6.30. The molecule has 0 bridgehead atoms. The standard InChI is InChI=1S/C19H20ClN3O2/c1-13(21-19(24)14-6-5-7-15(20)12-14)18-22-16-8-3-4-9-17(16)23(18)10-11-25-2/h3-9,12-13H,10-11H2,1-2H3,(H,21,24). The zero-order valence-corrected chi connectivity index (χ0v) is 15.0. The molecule has 0 fully saturated rings. The number of hydrogen-bond donors (Lipinski definition) is 1. The number of aromatic nitrogens is 2. The molecule has 1 aromatic heterocycles. The van der Waals surface area contributed by atoms with Gasteiger partial charge in [0.2, 0.25) is 0 Å². The molecule has 0 aliphatic heterocycles. The summed E-state index contributed by atoms with van der Waals surface area (Å²) in [6.45, 7) is 3.17. The third-order valence-electron chi connectivity index (χ3n) is 4.02. The summed E-state index contributed by atoms with van der Waals surface area (Å²) in [6.07, 6.45) is 0. The minimum Gasteiger partial charge on any atom is -0.383 e. The normalized spacial score (nSPS) is 12.3. The van der Waals surface area contributed by atoms with Crippen LogP contribution in [0.25, 0.3) is 11.0 Å². The van der Waals surface area contributed by atoms with Gasteiger partial charge in [0.1, 0.15) is 5.82 Å². The summed E-state index contributed by atoms with van der Waals surface area (Å²) in [5.74, 6) is 0.619. The molecule has 1 heterocycles. The van der Waals surface area contributed by atoms with Crippen LogP contribution in [0.1, 0.15) is 29.1 Å². The summed E-state index contributed by atoms with van der Waals surface area (Å²) < 4.78 is 7.30. The number of benzene rings is 2. The Hall–Kier alpha value is -2.37. The minimum absolute atomic E-state index is 0.180. The molecule has 5 nitrogen and oxygen atoms in total. The molecular weight excluding hydrogens is 338 g/mol. The fourth-order valence-electron chi connectivity index (χ4n) is 2.82. The van der Waals surface area contributed by atoms with Gasteiger partial charge in [-0.25, -0.2) is 4.98 Å². The van der Waals surface area contributed by atoms with Gasteiger partial charge < -0.3 is 14.6 Å². The lowest BCUT2D eigenvalue weighted by Gasteiger charge is -2.16. The number of para-hydroxylation sites is 2. The predicted molar refractivity (Wildman–Crippen MR) is 98.9 cm³/mol. The van der Waals surface area contributed by atoms with Gasteiger partial charge in [-0.3, -0.25) is 4.79 Å². The van der Waals surface area contributed by atoms with Crippen molar-refractivity contribution >= 4 is 28.5 Å². The van der Waals surface area contributed by atoms with Crippen molar-refractivity contribution in [2.45, 2.75) is 19.5 Å². The molecule has 25 heavy (non-hydrogen) atoms. The Bertz CT molecular complexity index is 891. The van der Waals surface area contributed by atoms with Crippen molar-refractivity contribution in [1.82, 2.24) is 14.9 Å². The molecule has 3 rings (SSSR count). The van der Waals surface area contributed by atoms with E-state index >= 15 is 0 Å². The number of halogens is 1. The quantitative estimate of drug-likeness (QED) is 0.729. The fraction of sp³-hybridized carbons (Fsp3) is 0.263. The van der Waals surface area contributed by atoms with E-state index in [1.165, 1.54) is 0 Å². The maximum atomic E-state index is 12.5. The van der Waals surface area contributed by atoms with E-state index in [1.807, 2.05) is 31.2 Å². The number of carbonyl (C=O) groups excluding carboxylic acids is 1. The number of methoxy groups -OCH3 is 1. The van der Waals surface area contributed by atoms with E-state index < -0.39 is 0 Å². The molecule has 6 heteroatoms. The van der Waals surface area contributed by atoms with Gasteiger partial charge in [0, 0.05) is 24.2 Å². The number of fused-ring (bicyclic) bond motifs is 1. The largest absolute Gasteiger partial charge is 0.383 e. The number of imidazole rings is 1. The van der Waals surface area contributed by atoms with Crippen LogP contribution in [0.2, 0.25) is 5.02 Å². The molecule has 0 spiro atoms. The first kappa shape index (κ1) is 17.5. The number of rotatable bonds is 6. The summed E-state index contributed by atoms with van der Waals surface area (Å²) >= 11 is 5.97. The fourth-order valence-corrected chi connectivity index (χ4v) is 3.01. The zero-order chi connectivity index (χ0) is 17.8. The lowest BCUT2D eigenvalue weighted by Crippen LogP contribution is -2.29. The number of amides is 1. The second-order valence-electron chi connectivity index (χ2n) is 5.81. The van der Waals surface area contributed by atoms with E-state index in [0.29, 0.717) is 23.7 Å². The van der Waals surface area contributed by atoms with Crippen LogP contribution in [0.3, 0.4) is 0 Å². The van der Waals surface area contributed by atoms with Gasteiger partial charge in [0.25, 0.3) is 5.91 Å². The average Bonchev–Trinajstić information content (AvgIpc) is 2.98. The Balaban J connectivity index is 1.88. The first-order valence-corrected chi connectivity index (χ1v) is 8.48. The van der Waals surface area contributed by atoms with E-state index in [1.54, 1.807) is 31.4 Å². The Kier molecular flexibility index (Phi) is 5.36. The number of carbonyl (C=O) groups is 1. The second-order valence-corrected chi connectivity index (χ2v) is 6.25. The van der Waals surface area contributed by atoms with E-state index in [0.717, 1.165) is 16.9 Å². The smallest absolute Gasteiger partial charge is 0.251 e. The summed E-state index contributed by atoms with van der Waals surface area (Å²) in [6, 6.07) is 14.6. The summed E-state index contributed by atoms with van der Waals surface area (Å²) in [5.41, 5.74) is 2.45. The van der Waals surface area contributed by atoms with Crippen molar-refractivity contribution in [2.24, 2.45) is 0 Å². The third-order valence-corrected chi connectivity index (χ3v) is 4.26. The highest BCUT2D eigenvalue weighted by Crippen LogP contribution is 2.21. The molecule has 2 aromatic carbocycles. The second kappa shape index (κ2) is 7.68. The lowest BCUT2D eigenvalue weighted by molar-refractivity contribution is 0.0937. The van der Waals surface area contributed by atoms with Gasteiger partial charge in [-0.1, -0.05) is 29.8 Å². The maximum absolute atomic E-state index is 12.5. The summed E-state index contributed by atoms with van der Waals surface area (Å²) in [7, 11) is 1.67. The third kappa shape index (κ3) is 3.83. The molecule has 3 aromatic rings. The van der Waals surface area contributed by atoms with Crippen molar-refractivity contribution < 1.29 is 9.53 Å². The van der Waals surface area contributed by atoms with Crippen molar-refractivity contribution in [1.29, 1.82) is 0 Å². The van der Waals surface area contributed by atoms with Crippen LogP contribution in [0.15, 0.2) is 48.5 Å². The number of nitrogens with zero attached hydrogens (tertiary/aromatic N) is 2. The average molecular weight is 358 g/mol. The molecule has 1 atom stereocenters. The first-order valence-electron chi connectivity index (χ1n) is 8.10. The lowest BCUT2D eigenvalue weighted by atomic mass is 10.2. The Labute approximate surface area is 151 Å². The molecule has 0 aliphatic rings. The summed E-state index contributed by atoms with van der Waals surface area (Å²) in [4.78, 5) is 17.2. The number of nitrogens with one attached hydrogen (secondary N) is 1. The highest BCUT2D eigenvalue weighted by atomic mass is 35.5. The van der Waals surface area contributed by atoms with Crippen LogP contribution in [-0.2, 0) is 11.3 Å². The Morgan fingerprint density at radius 3 is 2.84 bits per heavy atom. The Morgan fingerprint density at radius 1 is 1.28 bits per heavy atom. The van der Waals surface area contributed by atoms with Crippen LogP contribution in [0.5, 0.6) is 0 Å². The van der Waals surface area contributed by atoms with E-state index in [4.69, 9.17) is 21.3 Å². The van der Waals surface area contributed by atoms with Gasteiger partial charge >= 0.3 is 0 Å². The van der Waals surface area contributed by atoms with Crippen molar-refractivity contribution in [3.63, 3.8) is 0 Å². The van der Waals surface area contributed by atoms with Crippen LogP contribution < -0.4 is 5.32 Å². The SMILES string of the molecule is COCCn1c(C(C)NC(=O)c2cccc(Cl)c2)nc2ccccc21. The van der Waals surface area contributed by atoms with Crippen LogP contribution in [-0.4, -0.2) is 29.2 Å². The molecule has 0 aliphatic carbocycles. The molecule has 130 valence electrons. The molecule has 1 N–H and O–H groups in total. The zero-order valence-electron chi connectivity index (χ0n) is 14.2. The van der Waals surface area contributed by atoms with E-state index in [-0.39, 0.29) is 11.9 Å². The molecule has 0 saturated heterocycles. The molecule has 1 unspecified atom stereocenters. The van der Waals surface area contributed by atoms with E-state index in [9.17, 15) is 4.79 Å². The molecular formula is C19H20ClN3O2. The molecule has 0 saturated carbocycles. The van der Waals surface area contributed by atoms with Gasteiger partial charge in [-0.2, -0.15) is 0 Å². The van der Waals surface area contributed by atoms with Gasteiger partial charge in [-0.05, 0) is 37.3 Å². The molecule has 1 amide bonds. The topological polar surface area (TPSA) is 56.1 Å². The summed E-state index contributed by atoms with van der Waals surface area (Å²) in [5, 5.41) is 3.53. The predicted octanol–water partition coefficient (Wildman–Crippen LogP) is 3.83. The Morgan fingerprint density at radius 2 is 2.08 bits per heavy atom. The van der Waals surface area contributed by atoms with E-state index in [2.05, 4.69) is 9.88 Å². The van der Waals surface area contributed by atoms with Crippen LogP contribution >= 0.6 is 11.6 Å². The monoisotopic (exact) mass is 357 g/mol. The number of hydrogen-bond acceptors (Lipinski definition) is 3. The van der Waals surface area contributed by atoms with Crippen LogP contribution in [0.4, 0.5) is 0 Å². The highest BCUT2D eigenvalue weighted by Gasteiger charge is 2.19.